The summed E-state index contributed by atoms with van der Waals surface area (Å²) in [4.78, 5) is 5.55. The zero-order valence-electron chi connectivity index (χ0n) is 20.5. The first kappa shape index (κ1) is 24.9. The van der Waals surface area contributed by atoms with Crippen molar-refractivity contribution < 1.29 is 17.5 Å². The molecule has 7 nitrogen and oxygen atoms in total. The molecule has 194 valence electrons. The van der Waals surface area contributed by atoms with Crippen LogP contribution in [-0.2, 0) is 21.2 Å². The van der Waals surface area contributed by atoms with E-state index >= 15 is 0 Å². The van der Waals surface area contributed by atoms with Gasteiger partial charge in [-0.15, -0.1) is 11.3 Å². The molecule has 0 atom stereocenters. The van der Waals surface area contributed by atoms with Gasteiger partial charge >= 0.3 is 0 Å². The Morgan fingerprint density at radius 2 is 1.58 bits per heavy atom. The molecule has 0 amide bonds. The molecular formula is C28H25FN4O3S2. The van der Waals surface area contributed by atoms with Crippen LogP contribution in [0.15, 0.2) is 93.2 Å². The van der Waals surface area contributed by atoms with E-state index in [-0.39, 0.29) is 10.7 Å². The van der Waals surface area contributed by atoms with Crippen LogP contribution < -0.4 is 4.80 Å². The van der Waals surface area contributed by atoms with Gasteiger partial charge in [0.1, 0.15) is 5.82 Å². The molecule has 2 heterocycles. The van der Waals surface area contributed by atoms with Gasteiger partial charge in [-0.3, -0.25) is 0 Å². The van der Waals surface area contributed by atoms with Crippen molar-refractivity contribution >= 4 is 32.8 Å². The molecule has 1 fully saturated rings. The Hall–Kier alpha value is -3.44. The second kappa shape index (κ2) is 10.4. The molecule has 0 spiro atoms. The molecule has 0 unspecified atom stereocenters. The van der Waals surface area contributed by atoms with Crippen LogP contribution in [0.3, 0.4) is 0 Å². The molecule has 1 aliphatic carbocycles. The van der Waals surface area contributed by atoms with Gasteiger partial charge < -0.3 is 4.74 Å². The predicted octanol–water partition coefficient (Wildman–Crippen LogP) is 4.81. The highest BCUT2D eigenvalue weighted by molar-refractivity contribution is 7.89. The highest BCUT2D eigenvalue weighted by Crippen LogP contribution is 2.27. The molecule has 1 aromatic heterocycles. The van der Waals surface area contributed by atoms with Crippen LogP contribution in [-0.4, -0.2) is 49.4 Å². The highest BCUT2D eigenvalue weighted by Gasteiger charge is 2.26. The third-order valence-corrected chi connectivity index (χ3v) is 9.41. The number of morpholine rings is 1. The number of nitrogens with zero attached hydrogens (tertiary/aromatic N) is 4. The van der Waals surface area contributed by atoms with Gasteiger partial charge in [0.25, 0.3) is 0 Å². The standard InChI is InChI=1S/C28H25FN4O3S2/c29-25-8-4-3-7-24(25)27-19-37-28(33(27)31-26-14-9-20-5-1-2-6-23(20)26)30-21-10-12-22(13-11-21)38(34,35)32-15-17-36-18-16-32/h1-8,10-13,19H,9,14-18H2. The third-order valence-electron chi connectivity index (χ3n) is 6.68. The fourth-order valence-electron chi connectivity index (χ4n) is 4.70. The van der Waals surface area contributed by atoms with Crippen LogP contribution in [0, 0.1) is 5.82 Å². The molecule has 10 heteroatoms. The third kappa shape index (κ3) is 4.76. The first-order valence-corrected chi connectivity index (χ1v) is 14.7. The first-order valence-electron chi connectivity index (χ1n) is 12.3. The van der Waals surface area contributed by atoms with Gasteiger partial charge in [0.2, 0.25) is 14.8 Å². The summed E-state index contributed by atoms with van der Waals surface area (Å²) in [7, 11) is -3.60. The highest BCUT2D eigenvalue weighted by atomic mass is 32.2. The van der Waals surface area contributed by atoms with Crippen molar-refractivity contribution in [2.45, 2.75) is 17.7 Å². The summed E-state index contributed by atoms with van der Waals surface area (Å²) in [5, 5.41) is 6.81. The second-order valence-electron chi connectivity index (χ2n) is 9.02. The largest absolute Gasteiger partial charge is 0.379 e. The van der Waals surface area contributed by atoms with E-state index in [4.69, 9.17) is 14.8 Å². The number of sulfonamides is 1. The number of fused-ring (bicyclic) bond motifs is 1. The van der Waals surface area contributed by atoms with Crippen molar-refractivity contribution in [2.24, 2.45) is 10.1 Å². The molecule has 38 heavy (non-hydrogen) atoms. The zero-order chi connectivity index (χ0) is 26.1. The first-order chi connectivity index (χ1) is 18.5. The van der Waals surface area contributed by atoms with E-state index in [0.29, 0.717) is 48.0 Å². The Bertz CT molecular complexity index is 1690. The van der Waals surface area contributed by atoms with E-state index in [1.807, 2.05) is 17.5 Å². The number of aromatic nitrogens is 1. The fourth-order valence-corrected chi connectivity index (χ4v) is 6.95. The normalized spacial score (nSPS) is 17.7. The molecule has 1 saturated heterocycles. The van der Waals surface area contributed by atoms with Gasteiger partial charge in [-0.1, -0.05) is 36.4 Å². The number of benzene rings is 3. The summed E-state index contributed by atoms with van der Waals surface area (Å²) in [5.41, 5.74) is 4.88. The van der Waals surface area contributed by atoms with E-state index in [2.05, 4.69) is 12.1 Å². The van der Waals surface area contributed by atoms with Crippen molar-refractivity contribution in [3.05, 3.63) is 99.9 Å². The maximum Gasteiger partial charge on any atom is 0.243 e. The van der Waals surface area contributed by atoms with Crippen LogP contribution in [0.25, 0.3) is 11.3 Å². The molecule has 6 rings (SSSR count). The maximum atomic E-state index is 14.8. The Morgan fingerprint density at radius 3 is 2.34 bits per heavy atom. The summed E-state index contributed by atoms with van der Waals surface area (Å²) in [6, 6.07) is 21.3. The quantitative estimate of drug-likeness (QED) is 0.359. The van der Waals surface area contributed by atoms with Gasteiger partial charge in [0.05, 0.1) is 35.2 Å². The lowest BCUT2D eigenvalue weighted by Gasteiger charge is -2.26. The summed E-state index contributed by atoms with van der Waals surface area (Å²) in [6.45, 7) is 1.46. The lowest BCUT2D eigenvalue weighted by atomic mass is 10.1. The molecule has 1 aliphatic heterocycles. The summed E-state index contributed by atoms with van der Waals surface area (Å²) in [6.07, 6.45) is 1.69. The summed E-state index contributed by atoms with van der Waals surface area (Å²) < 4.78 is 49.2. The minimum absolute atomic E-state index is 0.215. The van der Waals surface area contributed by atoms with Gasteiger partial charge in [-0.05, 0) is 54.8 Å². The van der Waals surface area contributed by atoms with E-state index in [0.717, 1.165) is 24.1 Å². The van der Waals surface area contributed by atoms with Crippen LogP contribution in [0.5, 0.6) is 0 Å². The second-order valence-corrected chi connectivity index (χ2v) is 11.8. The van der Waals surface area contributed by atoms with Crippen molar-refractivity contribution in [3.63, 3.8) is 0 Å². The zero-order valence-corrected chi connectivity index (χ0v) is 22.1. The predicted molar refractivity (Wildman–Crippen MR) is 146 cm³/mol. The van der Waals surface area contributed by atoms with Gasteiger partial charge in [-0.2, -0.15) is 9.41 Å². The topological polar surface area (TPSA) is 76.3 Å². The Balaban J connectivity index is 1.42. The number of rotatable bonds is 5. The number of hydrogen-bond acceptors (Lipinski definition) is 6. The Morgan fingerprint density at radius 1 is 0.868 bits per heavy atom. The Kier molecular flexibility index (Phi) is 6.79. The van der Waals surface area contributed by atoms with Crippen LogP contribution >= 0.6 is 11.3 Å². The lowest BCUT2D eigenvalue weighted by Crippen LogP contribution is -2.40. The average molecular weight is 549 g/mol. The Labute approximate surface area is 224 Å². The van der Waals surface area contributed by atoms with Crippen LogP contribution in [0.2, 0.25) is 0 Å². The van der Waals surface area contributed by atoms with E-state index < -0.39 is 10.0 Å². The SMILES string of the molecule is O=S(=O)(c1ccc(N=c2scc(-c3ccccc3F)n2N=C2CCc3ccccc32)cc1)N1CCOCC1. The van der Waals surface area contributed by atoms with E-state index in [1.54, 1.807) is 47.1 Å². The molecule has 0 saturated carbocycles. The van der Waals surface area contributed by atoms with Gasteiger partial charge in [0, 0.05) is 29.6 Å². The fraction of sp³-hybridized carbons (Fsp3) is 0.214. The molecule has 0 radical (unpaired) electrons. The monoisotopic (exact) mass is 548 g/mol. The molecular weight excluding hydrogens is 523 g/mol. The van der Waals surface area contributed by atoms with Crippen molar-refractivity contribution in [1.29, 1.82) is 0 Å². The summed E-state index contributed by atoms with van der Waals surface area (Å²) in [5.74, 6) is -0.338. The van der Waals surface area contributed by atoms with Crippen molar-refractivity contribution in [2.75, 3.05) is 26.3 Å². The number of ether oxygens (including phenoxy) is 1. The number of thiazole rings is 1. The minimum atomic E-state index is -3.60. The van der Waals surface area contributed by atoms with Gasteiger partial charge in [-0.25, -0.2) is 22.5 Å². The summed E-state index contributed by atoms with van der Waals surface area (Å²) >= 11 is 1.35. The smallest absolute Gasteiger partial charge is 0.243 e. The molecule has 4 aromatic rings. The van der Waals surface area contributed by atoms with Gasteiger partial charge in [0.15, 0.2) is 0 Å². The molecule has 3 aromatic carbocycles. The molecule has 0 N–H and O–H groups in total. The number of hydrogen-bond donors (Lipinski definition) is 0. The van der Waals surface area contributed by atoms with Crippen LogP contribution in [0.1, 0.15) is 17.5 Å². The maximum absolute atomic E-state index is 14.8. The molecule has 2 aliphatic rings. The van der Waals surface area contributed by atoms with E-state index in [1.165, 1.54) is 27.3 Å². The van der Waals surface area contributed by atoms with E-state index in [9.17, 15) is 12.8 Å². The van der Waals surface area contributed by atoms with Crippen molar-refractivity contribution in [3.8, 4) is 11.3 Å². The number of aryl methyl sites for hydroxylation is 1. The molecule has 0 bridgehead atoms. The average Bonchev–Trinajstić information content (AvgIpc) is 3.54. The van der Waals surface area contributed by atoms with Crippen LogP contribution in [0.4, 0.5) is 10.1 Å². The number of halogens is 1. The van der Waals surface area contributed by atoms with Crippen molar-refractivity contribution in [1.82, 2.24) is 8.98 Å². The minimum Gasteiger partial charge on any atom is -0.379 e. The lowest BCUT2D eigenvalue weighted by molar-refractivity contribution is 0.0730.